The quantitative estimate of drug-likeness (QED) is 0.696. The summed E-state index contributed by atoms with van der Waals surface area (Å²) in [4.78, 5) is 40.4. The van der Waals surface area contributed by atoms with Gasteiger partial charge in [0.2, 0.25) is 11.8 Å². The highest BCUT2D eigenvalue weighted by Crippen LogP contribution is 2.21. The van der Waals surface area contributed by atoms with Gasteiger partial charge in [-0.15, -0.1) is 0 Å². The van der Waals surface area contributed by atoms with Gasteiger partial charge in [0.1, 0.15) is 5.60 Å². The van der Waals surface area contributed by atoms with Crippen LogP contribution in [-0.2, 0) is 14.3 Å². The van der Waals surface area contributed by atoms with E-state index >= 15 is 0 Å². The number of carbonyl (C=O) groups excluding carboxylic acids is 3. The lowest BCUT2D eigenvalue weighted by molar-refractivity contribution is -0.128. The van der Waals surface area contributed by atoms with Gasteiger partial charge in [0.05, 0.1) is 6.54 Å². The normalized spacial score (nSPS) is 19.7. The summed E-state index contributed by atoms with van der Waals surface area (Å²) in [6.45, 7) is 11.5. The van der Waals surface area contributed by atoms with E-state index in [1.165, 1.54) is 0 Å². The smallest absolute Gasteiger partial charge is 0.410 e. The van der Waals surface area contributed by atoms with Crippen molar-refractivity contribution in [1.29, 1.82) is 0 Å². The number of ether oxygens (including phenoxy) is 1. The summed E-state index contributed by atoms with van der Waals surface area (Å²) in [7, 11) is 0. The molecule has 0 unspecified atom stereocenters. The molecule has 29 heavy (non-hydrogen) atoms. The van der Waals surface area contributed by atoms with Gasteiger partial charge in [-0.2, -0.15) is 0 Å². The summed E-state index contributed by atoms with van der Waals surface area (Å²) in [5, 5.41) is 6.08. The Morgan fingerprint density at radius 1 is 1.00 bits per heavy atom. The standard InChI is InChI=1S/C21H38N4O4/c1-5-10-22-18(26)15-24-11-8-17(9-12-24)23-19(27)16-6-13-25(14-7-16)20(28)29-21(2,3)4/h16-17H,5-15H2,1-4H3,(H,22,26)(H,23,27). The van der Waals surface area contributed by atoms with Crippen molar-refractivity contribution in [2.24, 2.45) is 5.92 Å². The third kappa shape index (κ3) is 8.20. The zero-order chi connectivity index (χ0) is 21.4. The van der Waals surface area contributed by atoms with Crippen LogP contribution in [0.15, 0.2) is 0 Å². The zero-order valence-electron chi connectivity index (χ0n) is 18.5. The summed E-state index contributed by atoms with van der Waals surface area (Å²) in [5.74, 6) is 0.116. The van der Waals surface area contributed by atoms with Gasteiger partial charge in [-0.1, -0.05) is 6.92 Å². The Kier molecular flexibility index (Phi) is 8.74. The van der Waals surface area contributed by atoms with E-state index in [2.05, 4.69) is 15.5 Å². The number of rotatable bonds is 6. The zero-order valence-corrected chi connectivity index (χ0v) is 18.5. The van der Waals surface area contributed by atoms with Crippen molar-refractivity contribution in [1.82, 2.24) is 20.4 Å². The molecule has 0 aromatic rings. The molecule has 2 saturated heterocycles. The van der Waals surface area contributed by atoms with E-state index in [4.69, 9.17) is 4.74 Å². The molecule has 0 aromatic heterocycles. The summed E-state index contributed by atoms with van der Waals surface area (Å²) >= 11 is 0. The SMILES string of the molecule is CCCNC(=O)CN1CCC(NC(=O)C2CCN(C(=O)OC(C)(C)C)CC2)CC1. The molecule has 166 valence electrons. The van der Waals surface area contributed by atoms with Crippen molar-refractivity contribution in [3.05, 3.63) is 0 Å². The Labute approximate surface area is 174 Å². The minimum atomic E-state index is -0.503. The van der Waals surface area contributed by atoms with Crippen LogP contribution in [0.1, 0.15) is 59.8 Å². The minimum Gasteiger partial charge on any atom is -0.444 e. The molecule has 2 rings (SSSR count). The lowest BCUT2D eigenvalue weighted by Crippen LogP contribution is -2.50. The molecule has 0 radical (unpaired) electrons. The predicted molar refractivity (Wildman–Crippen MR) is 111 cm³/mol. The van der Waals surface area contributed by atoms with Crippen LogP contribution in [0.4, 0.5) is 4.79 Å². The highest BCUT2D eigenvalue weighted by Gasteiger charge is 2.31. The molecule has 2 aliphatic rings. The van der Waals surface area contributed by atoms with Gasteiger partial charge < -0.3 is 20.3 Å². The predicted octanol–water partition coefficient (Wildman–Crippen LogP) is 1.74. The number of piperidine rings is 2. The second kappa shape index (κ2) is 10.8. The maximum absolute atomic E-state index is 12.6. The summed E-state index contributed by atoms with van der Waals surface area (Å²) in [5.41, 5.74) is -0.503. The molecule has 0 aliphatic carbocycles. The molecule has 3 amide bonds. The number of amides is 3. The monoisotopic (exact) mass is 410 g/mol. The second-order valence-electron chi connectivity index (χ2n) is 9.15. The summed E-state index contributed by atoms with van der Waals surface area (Å²) in [6.07, 6.45) is 3.71. The average Bonchev–Trinajstić information content (AvgIpc) is 2.66. The van der Waals surface area contributed by atoms with Crippen LogP contribution in [0.5, 0.6) is 0 Å². The Hall–Kier alpha value is -1.83. The van der Waals surface area contributed by atoms with E-state index in [-0.39, 0.29) is 29.9 Å². The van der Waals surface area contributed by atoms with Crippen LogP contribution in [0.2, 0.25) is 0 Å². The number of nitrogens with zero attached hydrogens (tertiary/aromatic N) is 2. The van der Waals surface area contributed by atoms with Gasteiger partial charge in [0.25, 0.3) is 0 Å². The van der Waals surface area contributed by atoms with Gasteiger partial charge in [-0.25, -0.2) is 4.79 Å². The summed E-state index contributed by atoms with van der Waals surface area (Å²) in [6, 6.07) is 0.168. The van der Waals surface area contributed by atoms with Gasteiger partial charge in [-0.05, 0) is 52.9 Å². The number of likely N-dealkylation sites (tertiary alicyclic amines) is 2. The van der Waals surface area contributed by atoms with Crippen molar-refractivity contribution < 1.29 is 19.1 Å². The topological polar surface area (TPSA) is 91.0 Å². The van der Waals surface area contributed by atoms with E-state index in [1.807, 2.05) is 27.7 Å². The Bertz CT molecular complexity index is 560. The van der Waals surface area contributed by atoms with Gasteiger partial charge >= 0.3 is 6.09 Å². The van der Waals surface area contributed by atoms with Crippen molar-refractivity contribution in [2.45, 2.75) is 71.4 Å². The van der Waals surface area contributed by atoms with E-state index in [0.717, 1.165) is 38.9 Å². The fourth-order valence-electron chi connectivity index (χ4n) is 3.73. The molecule has 2 fully saturated rings. The minimum absolute atomic E-state index is 0.0495. The van der Waals surface area contributed by atoms with Gasteiger partial charge in [0.15, 0.2) is 0 Å². The van der Waals surface area contributed by atoms with Crippen molar-refractivity contribution >= 4 is 17.9 Å². The molecule has 0 atom stereocenters. The van der Waals surface area contributed by atoms with Gasteiger partial charge in [0, 0.05) is 44.7 Å². The Morgan fingerprint density at radius 3 is 2.17 bits per heavy atom. The number of hydrogen-bond donors (Lipinski definition) is 2. The van der Waals surface area contributed by atoms with Crippen LogP contribution >= 0.6 is 0 Å². The molecule has 8 heteroatoms. The molecule has 2 N–H and O–H groups in total. The average molecular weight is 411 g/mol. The van der Waals surface area contributed by atoms with E-state index < -0.39 is 5.60 Å². The highest BCUT2D eigenvalue weighted by molar-refractivity contribution is 5.79. The van der Waals surface area contributed by atoms with Gasteiger partial charge in [-0.3, -0.25) is 14.5 Å². The van der Waals surface area contributed by atoms with Crippen LogP contribution in [0.25, 0.3) is 0 Å². The molecule has 0 saturated carbocycles. The van der Waals surface area contributed by atoms with Crippen LogP contribution in [0.3, 0.4) is 0 Å². The van der Waals surface area contributed by atoms with Crippen molar-refractivity contribution in [2.75, 3.05) is 39.3 Å². The lowest BCUT2D eigenvalue weighted by atomic mass is 9.95. The van der Waals surface area contributed by atoms with Crippen LogP contribution in [0, 0.1) is 5.92 Å². The van der Waals surface area contributed by atoms with Crippen LogP contribution < -0.4 is 10.6 Å². The molecule has 8 nitrogen and oxygen atoms in total. The van der Waals surface area contributed by atoms with Crippen molar-refractivity contribution in [3.63, 3.8) is 0 Å². The summed E-state index contributed by atoms with van der Waals surface area (Å²) < 4.78 is 5.41. The van der Waals surface area contributed by atoms with Crippen molar-refractivity contribution in [3.8, 4) is 0 Å². The lowest BCUT2D eigenvalue weighted by Gasteiger charge is -2.35. The Morgan fingerprint density at radius 2 is 1.62 bits per heavy atom. The first kappa shape index (κ1) is 23.4. The third-order valence-corrected chi connectivity index (χ3v) is 5.39. The molecule has 2 heterocycles. The van der Waals surface area contributed by atoms with E-state index in [0.29, 0.717) is 32.5 Å². The molecular formula is C21H38N4O4. The highest BCUT2D eigenvalue weighted by atomic mass is 16.6. The van der Waals surface area contributed by atoms with E-state index in [9.17, 15) is 14.4 Å². The first-order valence-electron chi connectivity index (χ1n) is 10.9. The Balaban J connectivity index is 1.66. The fraction of sp³-hybridized carbons (Fsp3) is 0.857. The first-order valence-corrected chi connectivity index (χ1v) is 10.9. The fourth-order valence-corrected chi connectivity index (χ4v) is 3.73. The van der Waals surface area contributed by atoms with E-state index in [1.54, 1.807) is 4.90 Å². The maximum atomic E-state index is 12.6. The first-order chi connectivity index (χ1) is 13.7. The third-order valence-electron chi connectivity index (χ3n) is 5.39. The van der Waals surface area contributed by atoms with Crippen LogP contribution in [-0.4, -0.2) is 78.6 Å². The molecular weight excluding hydrogens is 372 g/mol. The molecule has 2 aliphatic heterocycles. The molecule has 0 aromatic carbocycles. The second-order valence-corrected chi connectivity index (χ2v) is 9.15. The molecule has 0 bridgehead atoms. The number of hydrogen-bond acceptors (Lipinski definition) is 5. The number of nitrogens with one attached hydrogen (secondary N) is 2. The maximum Gasteiger partial charge on any atom is 0.410 e. The largest absolute Gasteiger partial charge is 0.444 e. The molecule has 0 spiro atoms. The number of carbonyl (C=O) groups is 3.